The van der Waals surface area contributed by atoms with Crippen LogP contribution in [-0.4, -0.2) is 36.3 Å². The van der Waals surface area contributed by atoms with E-state index in [4.69, 9.17) is 32.7 Å². The summed E-state index contributed by atoms with van der Waals surface area (Å²) in [6, 6.07) is 1.88. The highest BCUT2D eigenvalue weighted by Crippen LogP contribution is 2.21. The molecule has 5 heteroatoms. The van der Waals surface area contributed by atoms with Crippen molar-refractivity contribution < 1.29 is 9.47 Å². The van der Waals surface area contributed by atoms with Gasteiger partial charge < -0.3 is 9.47 Å². The van der Waals surface area contributed by atoms with Crippen LogP contribution >= 0.6 is 23.2 Å². The van der Waals surface area contributed by atoms with Gasteiger partial charge >= 0.3 is 0 Å². The predicted molar refractivity (Wildman–Crippen MR) is 63.2 cm³/mol. The van der Waals surface area contributed by atoms with Gasteiger partial charge in [0.2, 0.25) is 0 Å². The fourth-order valence-electron chi connectivity index (χ4n) is 1.63. The molecule has 1 aromatic rings. The standard InChI is InChI=1S/C11H13Cl2NO2/c12-9(11-7-15-3-4-16-11)5-8-1-2-14-6-10(8)13/h1-2,6,9,11H,3-5,7H2. The molecule has 0 aliphatic carbocycles. The van der Waals surface area contributed by atoms with Crippen LogP contribution in [0.15, 0.2) is 18.5 Å². The first-order valence-electron chi connectivity index (χ1n) is 5.19. The second kappa shape index (κ2) is 5.82. The van der Waals surface area contributed by atoms with Crippen molar-refractivity contribution in [1.29, 1.82) is 0 Å². The van der Waals surface area contributed by atoms with Gasteiger partial charge in [-0.25, -0.2) is 0 Å². The van der Waals surface area contributed by atoms with Crippen LogP contribution in [-0.2, 0) is 15.9 Å². The molecule has 2 unspecified atom stereocenters. The van der Waals surface area contributed by atoms with E-state index in [0.717, 1.165) is 5.56 Å². The molecule has 0 saturated carbocycles. The van der Waals surface area contributed by atoms with Gasteiger partial charge in [-0.2, -0.15) is 0 Å². The van der Waals surface area contributed by atoms with Gasteiger partial charge in [0.1, 0.15) is 0 Å². The van der Waals surface area contributed by atoms with E-state index in [1.807, 2.05) is 6.07 Å². The lowest BCUT2D eigenvalue weighted by Gasteiger charge is -2.26. The molecule has 2 rings (SSSR count). The minimum absolute atomic E-state index is 0.0559. The van der Waals surface area contributed by atoms with Crippen LogP contribution in [0.25, 0.3) is 0 Å². The highest BCUT2D eigenvalue weighted by Gasteiger charge is 2.24. The molecule has 0 radical (unpaired) electrons. The van der Waals surface area contributed by atoms with E-state index in [1.165, 1.54) is 0 Å². The Labute approximate surface area is 105 Å². The van der Waals surface area contributed by atoms with Gasteiger partial charge in [-0.3, -0.25) is 4.98 Å². The monoisotopic (exact) mass is 261 g/mol. The molecule has 2 heterocycles. The topological polar surface area (TPSA) is 31.4 Å². The number of hydrogen-bond donors (Lipinski definition) is 0. The lowest BCUT2D eigenvalue weighted by molar-refractivity contribution is -0.0886. The third kappa shape index (κ3) is 3.08. The first-order chi connectivity index (χ1) is 7.77. The minimum atomic E-state index is -0.125. The average molecular weight is 262 g/mol. The molecular weight excluding hydrogens is 249 g/mol. The number of halogens is 2. The maximum absolute atomic E-state index is 6.28. The Hall–Kier alpha value is -0.350. The van der Waals surface area contributed by atoms with Crippen LogP contribution in [0, 0.1) is 0 Å². The molecule has 2 atom stereocenters. The van der Waals surface area contributed by atoms with Gasteiger partial charge in [0.15, 0.2) is 0 Å². The zero-order valence-corrected chi connectivity index (χ0v) is 10.2. The summed E-state index contributed by atoms with van der Waals surface area (Å²) in [6.45, 7) is 1.81. The molecular formula is C11H13Cl2NO2. The van der Waals surface area contributed by atoms with E-state index in [9.17, 15) is 0 Å². The number of ether oxygens (including phenoxy) is 2. The fourth-order valence-corrected chi connectivity index (χ4v) is 2.13. The number of nitrogens with zero attached hydrogens (tertiary/aromatic N) is 1. The van der Waals surface area contributed by atoms with Crippen molar-refractivity contribution in [2.75, 3.05) is 19.8 Å². The maximum atomic E-state index is 6.28. The van der Waals surface area contributed by atoms with Crippen molar-refractivity contribution in [3.63, 3.8) is 0 Å². The number of rotatable bonds is 3. The Kier molecular flexibility index (Phi) is 4.41. The molecule has 88 valence electrons. The van der Waals surface area contributed by atoms with Crippen LogP contribution in [0.4, 0.5) is 0 Å². The largest absolute Gasteiger partial charge is 0.376 e. The Morgan fingerprint density at radius 2 is 2.38 bits per heavy atom. The normalized spacial score (nSPS) is 23.0. The summed E-state index contributed by atoms with van der Waals surface area (Å²) in [5, 5.41) is 0.519. The van der Waals surface area contributed by atoms with E-state index < -0.39 is 0 Å². The molecule has 1 saturated heterocycles. The van der Waals surface area contributed by atoms with E-state index in [2.05, 4.69) is 4.98 Å². The maximum Gasteiger partial charge on any atom is 0.0975 e. The Bertz CT molecular complexity index is 343. The van der Waals surface area contributed by atoms with Crippen molar-refractivity contribution in [1.82, 2.24) is 4.98 Å². The third-order valence-electron chi connectivity index (χ3n) is 2.52. The fraction of sp³-hybridized carbons (Fsp3) is 0.545. The summed E-state index contributed by atoms with van der Waals surface area (Å²) in [5.41, 5.74) is 0.992. The van der Waals surface area contributed by atoms with Crippen molar-refractivity contribution >= 4 is 23.2 Å². The van der Waals surface area contributed by atoms with Crippen molar-refractivity contribution in [3.05, 3.63) is 29.0 Å². The van der Waals surface area contributed by atoms with E-state index in [0.29, 0.717) is 31.3 Å². The number of pyridine rings is 1. The molecule has 16 heavy (non-hydrogen) atoms. The van der Waals surface area contributed by atoms with Gasteiger partial charge in [-0.05, 0) is 18.1 Å². The highest BCUT2D eigenvalue weighted by molar-refractivity contribution is 6.31. The summed E-state index contributed by atoms with van der Waals surface area (Å²) in [5.74, 6) is 0. The summed E-state index contributed by atoms with van der Waals surface area (Å²) in [6.07, 6.45) is 3.94. The zero-order valence-electron chi connectivity index (χ0n) is 8.73. The number of alkyl halides is 1. The second-order valence-corrected chi connectivity index (χ2v) is 4.64. The van der Waals surface area contributed by atoms with Gasteiger partial charge in [0.25, 0.3) is 0 Å². The molecule has 0 bridgehead atoms. The molecule has 0 N–H and O–H groups in total. The Morgan fingerprint density at radius 1 is 1.50 bits per heavy atom. The summed E-state index contributed by atoms with van der Waals surface area (Å²) in [7, 11) is 0. The Morgan fingerprint density at radius 3 is 3.06 bits per heavy atom. The smallest absolute Gasteiger partial charge is 0.0975 e. The number of hydrogen-bond acceptors (Lipinski definition) is 3. The quantitative estimate of drug-likeness (QED) is 0.783. The molecule has 1 aromatic heterocycles. The molecule has 0 spiro atoms. The van der Waals surface area contributed by atoms with Gasteiger partial charge in [-0.1, -0.05) is 11.6 Å². The molecule has 0 aromatic carbocycles. The van der Waals surface area contributed by atoms with Crippen LogP contribution in [0.2, 0.25) is 5.02 Å². The molecule has 0 amide bonds. The second-order valence-electron chi connectivity index (χ2n) is 3.67. The average Bonchev–Trinajstić information content (AvgIpc) is 2.33. The zero-order chi connectivity index (χ0) is 11.4. The molecule has 3 nitrogen and oxygen atoms in total. The summed E-state index contributed by atoms with van der Waals surface area (Å²) in [4.78, 5) is 3.93. The first kappa shape index (κ1) is 12.1. The van der Waals surface area contributed by atoms with Gasteiger partial charge in [0, 0.05) is 12.4 Å². The number of aromatic nitrogens is 1. The van der Waals surface area contributed by atoms with Crippen molar-refractivity contribution in [2.45, 2.75) is 17.9 Å². The minimum Gasteiger partial charge on any atom is -0.376 e. The van der Waals surface area contributed by atoms with E-state index >= 15 is 0 Å². The Balaban J connectivity index is 1.96. The van der Waals surface area contributed by atoms with Crippen molar-refractivity contribution in [3.8, 4) is 0 Å². The van der Waals surface area contributed by atoms with Crippen LogP contribution in [0.1, 0.15) is 5.56 Å². The summed E-state index contributed by atoms with van der Waals surface area (Å²) < 4.78 is 10.9. The first-order valence-corrected chi connectivity index (χ1v) is 6.00. The van der Waals surface area contributed by atoms with Crippen LogP contribution in [0.5, 0.6) is 0 Å². The van der Waals surface area contributed by atoms with Crippen LogP contribution < -0.4 is 0 Å². The van der Waals surface area contributed by atoms with E-state index in [-0.39, 0.29) is 11.5 Å². The predicted octanol–water partition coefficient (Wildman–Crippen LogP) is 2.30. The van der Waals surface area contributed by atoms with Gasteiger partial charge in [-0.15, -0.1) is 11.6 Å². The molecule has 1 fully saturated rings. The van der Waals surface area contributed by atoms with E-state index in [1.54, 1.807) is 12.4 Å². The van der Waals surface area contributed by atoms with Gasteiger partial charge in [0.05, 0.1) is 36.3 Å². The summed E-state index contributed by atoms with van der Waals surface area (Å²) >= 11 is 12.3. The third-order valence-corrected chi connectivity index (χ3v) is 3.29. The van der Waals surface area contributed by atoms with Crippen molar-refractivity contribution in [2.24, 2.45) is 0 Å². The highest BCUT2D eigenvalue weighted by atomic mass is 35.5. The molecule has 1 aliphatic rings. The SMILES string of the molecule is Clc1cnccc1CC(Cl)C1COCCO1. The lowest BCUT2D eigenvalue weighted by atomic mass is 10.1. The lowest BCUT2D eigenvalue weighted by Crippen LogP contribution is -2.36. The molecule has 1 aliphatic heterocycles. The van der Waals surface area contributed by atoms with Crippen LogP contribution in [0.3, 0.4) is 0 Å².